The van der Waals surface area contributed by atoms with Crippen molar-refractivity contribution in [3.8, 4) is 11.3 Å². The highest BCUT2D eigenvalue weighted by Gasteiger charge is 2.14. The molecule has 2 N–H and O–H groups in total. The number of hydrogen-bond donors (Lipinski definition) is 1. The summed E-state index contributed by atoms with van der Waals surface area (Å²) < 4.78 is 0.922. The molecule has 0 amide bonds. The Morgan fingerprint density at radius 1 is 1.22 bits per heavy atom. The van der Waals surface area contributed by atoms with Crippen molar-refractivity contribution in [3.05, 3.63) is 39.7 Å². The SMILES string of the molecule is CCC(C)c1nc(N)c(I)c(-c2ccccc2)n1. The molecule has 0 fully saturated rings. The summed E-state index contributed by atoms with van der Waals surface area (Å²) >= 11 is 2.21. The Morgan fingerprint density at radius 2 is 1.89 bits per heavy atom. The van der Waals surface area contributed by atoms with E-state index in [1.54, 1.807) is 0 Å². The molecule has 0 aliphatic rings. The number of nitrogens with two attached hydrogens (primary N) is 1. The van der Waals surface area contributed by atoms with E-state index < -0.39 is 0 Å². The Labute approximate surface area is 121 Å². The van der Waals surface area contributed by atoms with E-state index in [1.165, 1.54) is 0 Å². The normalized spacial score (nSPS) is 12.4. The van der Waals surface area contributed by atoms with Crippen molar-refractivity contribution >= 4 is 28.4 Å². The van der Waals surface area contributed by atoms with Gasteiger partial charge in [0.05, 0.1) is 9.26 Å². The zero-order chi connectivity index (χ0) is 13.1. The standard InChI is InChI=1S/C14H16IN3/c1-3-9(2)14-17-12(11(15)13(16)18-14)10-7-5-4-6-8-10/h4-9H,3H2,1-2H3,(H2,16,17,18). The molecule has 0 bridgehead atoms. The molecule has 1 unspecified atom stereocenters. The van der Waals surface area contributed by atoms with Gasteiger partial charge in [0, 0.05) is 11.5 Å². The third-order valence-corrected chi connectivity index (χ3v) is 4.06. The first-order valence-corrected chi connectivity index (χ1v) is 7.09. The first kappa shape index (κ1) is 13.3. The minimum Gasteiger partial charge on any atom is -0.383 e. The van der Waals surface area contributed by atoms with Gasteiger partial charge < -0.3 is 5.73 Å². The summed E-state index contributed by atoms with van der Waals surface area (Å²) in [6.45, 7) is 4.25. The number of halogens is 1. The van der Waals surface area contributed by atoms with Crippen molar-refractivity contribution in [3.63, 3.8) is 0 Å². The summed E-state index contributed by atoms with van der Waals surface area (Å²) in [4.78, 5) is 9.06. The predicted molar refractivity (Wildman–Crippen MR) is 83.3 cm³/mol. The second kappa shape index (κ2) is 5.65. The van der Waals surface area contributed by atoms with Gasteiger partial charge in [-0.05, 0) is 29.0 Å². The van der Waals surface area contributed by atoms with Crippen LogP contribution in [0.1, 0.15) is 32.0 Å². The number of benzene rings is 1. The Hall–Kier alpha value is -1.17. The van der Waals surface area contributed by atoms with Crippen LogP contribution in [0.15, 0.2) is 30.3 Å². The summed E-state index contributed by atoms with van der Waals surface area (Å²) in [5.74, 6) is 1.72. The smallest absolute Gasteiger partial charge is 0.141 e. The lowest BCUT2D eigenvalue weighted by molar-refractivity contribution is 0.680. The van der Waals surface area contributed by atoms with E-state index in [0.29, 0.717) is 11.7 Å². The molecular weight excluding hydrogens is 337 g/mol. The highest BCUT2D eigenvalue weighted by Crippen LogP contribution is 2.28. The number of hydrogen-bond acceptors (Lipinski definition) is 3. The monoisotopic (exact) mass is 353 g/mol. The van der Waals surface area contributed by atoms with E-state index >= 15 is 0 Å². The zero-order valence-electron chi connectivity index (χ0n) is 10.5. The number of anilines is 1. The molecule has 0 saturated carbocycles. The van der Waals surface area contributed by atoms with Crippen LogP contribution in [0, 0.1) is 3.57 Å². The molecule has 3 nitrogen and oxygen atoms in total. The van der Waals surface area contributed by atoms with Crippen LogP contribution in [-0.2, 0) is 0 Å². The maximum Gasteiger partial charge on any atom is 0.141 e. The molecule has 0 radical (unpaired) electrons. The average molecular weight is 353 g/mol. The largest absolute Gasteiger partial charge is 0.383 e. The molecule has 1 atom stereocenters. The van der Waals surface area contributed by atoms with Crippen molar-refractivity contribution < 1.29 is 0 Å². The first-order valence-electron chi connectivity index (χ1n) is 6.01. The Balaban J connectivity index is 2.56. The third kappa shape index (κ3) is 2.63. The molecule has 1 aromatic carbocycles. The van der Waals surface area contributed by atoms with Gasteiger partial charge in [0.25, 0.3) is 0 Å². The second-order valence-electron chi connectivity index (χ2n) is 4.30. The third-order valence-electron chi connectivity index (χ3n) is 2.99. The Morgan fingerprint density at radius 3 is 2.50 bits per heavy atom. The molecule has 1 aromatic heterocycles. The van der Waals surface area contributed by atoms with Crippen molar-refractivity contribution in [1.29, 1.82) is 0 Å². The van der Waals surface area contributed by atoms with Crippen molar-refractivity contribution in [1.82, 2.24) is 9.97 Å². The van der Waals surface area contributed by atoms with E-state index in [4.69, 9.17) is 5.73 Å². The summed E-state index contributed by atoms with van der Waals surface area (Å²) in [6, 6.07) is 10.1. The van der Waals surface area contributed by atoms with Gasteiger partial charge in [-0.15, -0.1) is 0 Å². The maximum atomic E-state index is 5.99. The molecule has 0 aliphatic heterocycles. The van der Waals surface area contributed by atoms with Gasteiger partial charge in [0.1, 0.15) is 11.6 Å². The van der Waals surface area contributed by atoms with Gasteiger partial charge in [-0.3, -0.25) is 0 Å². The van der Waals surface area contributed by atoms with Gasteiger partial charge in [-0.1, -0.05) is 44.2 Å². The lowest BCUT2D eigenvalue weighted by Gasteiger charge is -2.12. The summed E-state index contributed by atoms with van der Waals surface area (Å²) in [7, 11) is 0. The summed E-state index contributed by atoms with van der Waals surface area (Å²) in [5, 5.41) is 0. The molecule has 2 aromatic rings. The maximum absolute atomic E-state index is 5.99. The number of rotatable bonds is 3. The minimum absolute atomic E-state index is 0.326. The molecule has 94 valence electrons. The topological polar surface area (TPSA) is 51.8 Å². The molecule has 1 heterocycles. The van der Waals surface area contributed by atoms with Crippen LogP contribution in [-0.4, -0.2) is 9.97 Å². The van der Waals surface area contributed by atoms with E-state index in [1.807, 2.05) is 30.3 Å². The van der Waals surface area contributed by atoms with E-state index in [9.17, 15) is 0 Å². The minimum atomic E-state index is 0.326. The molecular formula is C14H16IN3. The molecule has 0 aliphatic carbocycles. The molecule has 18 heavy (non-hydrogen) atoms. The summed E-state index contributed by atoms with van der Waals surface area (Å²) in [6.07, 6.45) is 1.01. The van der Waals surface area contributed by atoms with Crippen LogP contribution in [0.3, 0.4) is 0 Å². The highest BCUT2D eigenvalue weighted by molar-refractivity contribution is 14.1. The van der Waals surface area contributed by atoms with Gasteiger partial charge in [0.15, 0.2) is 0 Å². The number of aromatic nitrogens is 2. The Bertz CT molecular complexity index is 540. The first-order chi connectivity index (χ1) is 8.63. The van der Waals surface area contributed by atoms with E-state index in [-0.39, 0.29) is 0 Å². The van der Waals surface area contributed by atoms with Gasteiger partial charge >= 0.3 is 0 Å². The van der Waals surface area contributed by atoms with Crippen LogP contribution in [0.2, 0.25) is 0 Å². The molecule has 0 saturated heterocycles. The highest BCUT2D eigenvalue weighted by atomic mass is 127. The van der Waals surface area contributed by atoms with Gasteiger partial charge in [-0.2, -0.15) is 0 Å². The lowest BCUT2D eigenvalue weighted by atomic mass is 10.1. The number of nitrogens with zero attached hydrogens (tertiary/aromatic N) is 2. The fraction of sp³-hybridized carbons (Fsp3) is 0.286. The lowest BCUT2D eigenvalue weighted by Crippen LogP contribution is -2.07. The van der Waals surface area contributed by atoms with Gasteiger partial charge in [0.2, 0.25) is 0 Å². The molecule has 4 heteroatoms. The molecule has 0 spiro atoms. The fourth-order valence-corrected chi connectivity index (χ4v) is 2.23. The quantitative estimate of drug-likeness (QED) is 0.853. The van der Waals surface area contributed by atoms with Crippen LogP contribution >= 0.6 is 22.6 Å². The predicted octanol–water partition coefficient (Wildman–Crippen LogP) is 3.84. The van der Waals surface area contributed by atoms with Gasteiger partial charge in [-0.25, -0.2) is 9.97 Å². The van der Waals surface area contributed by atoms with Crippen LogP contribution in [0.4, 0.5) is 5.82 Å². The fourth-order valence-electron chi connectivity index (χ4n) is 1.67. The van der Waals surface area contributed by atoms with Crippen molar-refractivity contribution in [2.24, 2.45) is 0 Å². The average Bonchev–Trinajstić information content (AvgIpc) is 2.41. The van der Waals surface area contributed by atoms with Crippen LogP contribution in [0.25, 0.3) is 11.3 Å². The van der Waals surface area contributed by atoms with Crippen LogP contribution < -0.4 is 5.73 Å². The Kier molecular flexibility index (Phi) is 4.16. The second-order valence-corrected chi connectivity index (χ2v) is 5.38. The zero-order valence-corrected chi connectivity index (χ0v) is 12.7. The van der Waals surface area contributed by atoms with E-state index in [0.717, 1.165) is 27.1 Å². The summed E-state index contributed by atoms with van der Waals surface area (Å²) in [5.41, 5.74) is 8.01. The van der Waals surface area contributed by atoms with Crippen molar-refractivity contribution in [2.45, 2.75) is 26.2 Å². The molecule has 2 rings (SSSR count). The van der Waals surface area contributed by atoms with E-state index in [2.05, 4.69) is 46.4 Å². The number of nitrogen functional groups attached to an aromatic ring is 1. The van der Waals surface area contributed by atoms with Crippen molar-refractivity contribution in [2.75, 3.05) is 5.73 Å². The van der Waals surface area contributed by atoms with Crippen LogP contribution in [0.5, 0.6) is 0 Å².